The van der Waals surface area contributed by atoms with E-state index in [2.05, 4.69) is 29.8 Å². The third-order valence-electron chi connectivity index (χ3n) is 6.05. The Morgan fingerprint density at radius 2 is 1.71 bits per heavy atom. The fourth-order valence-corrected chi connectivity index (χ4v) is 5.36. The summed E-state index contributed by atoms with van der Waals surface area (Å²) in [7, 11) is 0. The van der Waals surface area contributed by atoms with Crippen molar-refractivity contribution in [3.05, 3.63) is 81.0 Å². The number of nitrogens with zero attached hydrogens (tertiary/aromatic N) is 1. The van der Waals surface area contributed by atoms with Gasteiger partial charge in [0.2, 0.25) is 0 Å². The number of carbonyl (C=O) groups excluding carboxylic acids is 2. The fourth-order valence-electron chi connectivity index (χ4n) is 4.95. The molecule has 0 radical (unpaired) electrons. The van der Waals surface area contributed by atoms with Crippen molar-refractivity contribution in [2.75, 3.05) is 0 Å². The lowest BCUT2D eigenvalue weighted by molar-refractivity contribution is -0.118. The molecule has 5 rings (SSSR count). The van der Waals surface area contributed by atoms with Gasteiger partial charge in [-0.3, -0.25) is 14.6 Å². The van der Waals surface area contributed by atoms with Crippen LogP contribution in [0.1, 0.15) is 54.1 Å². The SMILES string of the molecule is CC1(C)CC(=O)C2=C(C1)N=C1c3ccccc3C(=O)[C@H]1[C@@H]2c1cccc(Br)c1. The minimum absolute atomic E-state index is 0.0727. The van der Waals surface area contributed by atoms with Crippen molar-refractivity contribution in [3.63, 3.8) is 0 Å². The summed E-state index contributed by atoms with van der Waals surface area (Å²) in [5.41, 5.74) is 4.95. The summed E-state index contributed by atoms with van der Waals surface area (Å²) >= 11 is 3.55. The van der Waals surface area contributed by atoms with Crippen LogP contribution in [0.25, 0.3) is 0 Å². The second-order valence-electron chi connectivity index (χ2n) is 8.72. The van der Waals surface area contributed by atoms with Crippen molar-refractivity contribution >= 4 is 33.2 Å². The van der Waals surface area contributed by atoms with Gasteiger partial charge in [-0.05, 0) is 29.5 Å². The van der Waals surface area contributed by atoms with Crippen molar-refractivity contribution in [1.82, 2.24) is 0 Å². The number of halogens is 1. The molecule has 1 aliphatic heterocycles. The third-order valence-corrected chi connectivity index (χ3v) is 6.54. The van der Waals surface area contributed by atoms with Gasteiger partial charge in [0, 0.05) is 39.2 Å². The highest BCUT2D eigenvalue weighted by Gasteiger charge is 2.50. The van der Waals surface area contributed by atoms with E-state index in [1.165, 1.54) is 0 Å². The van der Waals surface area contributed by atoms with Gasteiger partial charge in [-0.15, -0.1) is 0 Å². The van der Waals surface area contributed by atoms with Crippen LogP contribution in [0.2, 0.25) is 0 Å². The Hall–Kier alpha value is -2.33. The standard InChI is InChI=1S/C24H20BrNO2/c1-24(2)11-17-20(18(27)12-24)19(13-6-5-7-14(25)10-13)21-22(26-17)15-8-3-4-9-16(15)23(21)28/h3-10,19,21H,11-12H2,1-2H3/t19-,21+/m1/s1. The molecule has 28 heavy (non-hydrogen) atoms. The maximum absolute atomic E-state index is 13.4. The first-order chi connectivity index (χ1) is 13.4. The molecule has 2 aromatic carbocycles. The summed E-state index contributed by atoms with van der Waals surface area (Å²) in [6.45, 7) is 4.23. The lowest BCUT2D eigenvalue weighted by atomic mass is 9.66. The second-order valence-corrected chi connectivity index (χ2v) is 9.63. The van der Waals surface area contributed by atoms with Gasteiger partial charge in [0.15, 0.2) is 11.6 Å². The molecule has 140 valence electrons. The monoisotopic (exact) mass is 433 g/mol. The van der Waals surface area contributed by atoms with E-state index in [-0.39, 0.29) is 22.9 Å². The summed E-state index contributed by atoms with van der Waals surface area (Å²) in [5, 5.41) is 0. The molecule has 0 amide bonds. The molecular formula is C24H20BrNO2. The van der Waals surface area contributed by atoms with E-state index in [1.54, 1.807) is 0 Å². The highest BCUT2D eigenvalue weighted by Crippen LogP contribution is 2.51. The predicted molar refractivity (Wildman–Crippen MR) is 113 cm³/mol. The predicted octanol–water partition coefficient (Wildman–Crippen LogP) is 5.49. The van der Waals surface area contributed by atoms with E-state index in [9.17, 15) is 9.59 Å². The first-order valence-corrected chi connectivity index (χ1v) is 10.4. The van der Waals surface area contributed by atoms with Gasteiger partial charge in [-0.2, -0.15) is 0 Å². The fraction of sp³-hybridized carbons (Fsp3) is 0.292. The number of Topliss-reactive ketones (excluding diaryl/α,β-unsaturated/α-hetero) is 2. The van der Waals surface area contributed by atoms with E-state index in [1.807, 2.05) is 48.5 Å². The van der Waals surface area contributed by atoms with E-state index >= 15 is 0 Å². The number of hydrogen-bond donors (Lipinski definition) is 0. The molecular weight excluding hydrogens is 414 g/mol. The van der Waals surface area contributed by atoms with Crippen LogP contribution < -0.4 is 0 Å². The Morgan fingerprint density at radius 1 is 0.964 bits per heavy atom. The molecule has 0 fully saturated rings. The van der Waals surface area contributed by atoms with Crippen molar-refractivity contribution in [2.24, 2.45) is 16.3 Å². The molecule has 2 aromatic rings. The molecule has 0 saturated heterocycles. The topological polar surface area (TPSA) is 46.5 Å². The highest BCUT2D eigenvalue weighted by atomic mass is 79.9. The summed E-state index contributed by atoms with van der Waals surface area (Å²) in [4.78, 5) is 31.6. The molecule has 2 atom stereocenters. The Balaban J connectivity index is 1.78. The van der Waals surface area contributed by atoms with Crippen LogP contribution in [-0.4, -0.2) is 17.3 Å². The van der Waals surface area contributed by atoms with Crippen LogP contribution in [0.15, 0.2) is 69.3 Å². The highest BCUT2D eigenvalue weighted by molar-refractivity contribution is 9.10. The molecule has 0 spiro atoms. The van der Waals surface area contributed by atoms with E-state index < -0.39 is 5.92 Å². The Kier molecular flexibility index (Phi) is 3.86. The summed E-state index contributed by atoms with van der Waals surface area (Å²) in [6.07, 6.45) is 1.25. The molecule has 3 aliphatic rings. The quantitative estimate of drug-likeness (QED) is 0.596. The zero-order valence-electron chi connectivity index (χ0n) is 15.8. The van der Waals surface area contributed by atoms with Crippen LogP contribution in [0.4, 0.5) is 0 Å². The van der Waals surface area contributed by atoms with E-state index in [0.29, 0.717) is 6.42 Å². The summed E-state index contributed by atoms with van der Waals surface area (Å²) in [6, 6.07) is 15.7. The molecule has 3 nitrogen and oxygen atoms in total. The smallest absolute Gasteiger partial charge is 0.173 e. The van der Waals surface area contributed by atoms with Crippen LogP contribution in [-0.2, 0) is 4.79 Å². The van der Waals surface area contributed by atoms with Crippen molar-refractivity contribution in [1.29, 1.82) is 0 Å². The van der Waals surface area contributed by atoms with Gasteiger partial charge >= 0.3 is 0 Å². The van der Waals surface area contributed by atoms with Gasteiger partial charge in [0.05, 0.1) is 11.6 Å². The average Bonchev–Trinajstić information content (AvgIpc) is 2.92. The molecule has 4 heteroatoms. The van der Waals surface area contributed by atoms with Gasteiger partial charge < -0.3 is 0 Å². The first kappa shape index (κ1) is 17.7. The largest absolute Gasteiger partial charge is 0.294 e. The third kappa shape index (κ3) is 2.58. The zero-order chi connectivity index (χ0) is 19.6. The molecule has 0 saturated carbocycles. The molecule has 0 aromatic heterocycles. The summed E-state index contributed by atoms with van der Waals surface area (Å²) in [5.74, 6) is -0.495. The summed E-state index contributed by atoms with van der Waals surface area (Å²) < 4.78 is 0.947. The maximum Gasteiger partial charge on any atom is 0.173 e. The number of benzene rings is 2. The van der Waals surface area contributed by atoms with Gasteiger partial charge in [-0.1, -0.05) is 66.2 Å². The van der Waals surface area contributed by atoms with Crippen LogP contribution >= 0.6 is 15.9 Å². The van der Waals surface area contributed by atoms with Gasteiger partial charge in [0.25, 0.3) is 0 Å². The molecule has 2 aliphatic carbocycles. The van der Waals surface area contributed by atoms with Crippen LogP contribution in [0.3, 0.4) is 0 Å². The van der Waals surface area contributed by atoms with Gasteiger partial charge in [0.1, 0.15) is 0 Å². The molecule has 0 bridgehead atoms. The first-order valence-electron chi connectivity index (χ1n) is 9.60. The lowest BCUT2D eigenvalue weighted by Gasteiger charge is -2.38. The number of aliphatic imine (C=N–C) groups is 1. The lowest BCUT2D eigenvalue weighted by Crippen LogP contribution is -2.37. The minimum Gasteiger partial charge on any atom is -0.294 e. The van der Waals surface area contributed by atoms with E-state index in [0.717, 1.165) is 44.6 Å². The van der Waals surface area contributed by atoms with Gasteiger partial charge in [-0.25, -0.2) is 0 Å². The van der Waals surface area contributed by atoms with Crippen LogP contribution in [0, 0.1) is 11.3 Å². The molecule has 0 unspecified atom stereocenters. The average molecular weight is 434 g/mol. The van der Waals surface area contributed by atoms with Crippen molar-refractivity contribution in [3.8, 4) is 0 Å². The number of hydrogen-bond acceptors (Lipinski definition) is 3. The molecule has 1 heterocycles. The van der Waals surface area contributed by atoms with Crippen molar-refractivity contribution in [2.45, 2.75) is 32.6 Å². The van der Waals surface area contributed by atoms with Crippen molar-refractivity contribution < 1.29 is 9.59 Å². The number of rotatable bonds is 1. The number of fused-ring (bicyclic) bond motifs is 3. The van der Waals surface area contributed by atoms with Crippen LogP contribution in [0.5, 0.6) is 0 Å². The number of ketones is 2. The Bertz CT molecular complexity index is 1110. The zero-order valence-corrected chi connectivity index (χ0v) is 17.4. The molecule has 0 N–H and O–H groups in total. The number of carbonyl (C=O) groups is 2. The minimum atomic E-state index is -0.421. The normalized spacial score (nSPS) is 25.2. The number of allylic oxidation sites excluding steroid dienone is 2. The Labute approximate surface area is 172 Å². The van der Waals surface area contributed by atoms with E-state index in [4.69, 9.17) is 4.99 Å². The second kappa shape index (κ2) is 6.08. The Morgan fingerprint density at radius 3 is 2.46 bits per heavy atom. The maximum atomic E-state index is 13.4.